The van der Waals surface area contributed by atoms with E-state index in [9.17, 15) is 5.11 Å². The number of nitrogen functional groups attached to an aromatic ring is 1. The molecule has 8 nitrogen and oxygen atoms in total. The van der Waals surface area contributed by atoms with Crippen molar-refractivity contribution < 1.29 is 14.6 Å². The number of rotatable bonds is 8. The molecule has 20 heavy (non-hydrogen) atoms. The van der Waals surface area contributed by atoms with Gasteiger partial charge in [-0.25, -0.2) is 0 Å². The first-order valence-corrected chi connectivity index (χ1v) is 6.40. The van der Waals surface area contributed by atoms with E-state index < -0.39 is 11.6 Å². The summed E-state index contributed by atoms with van der Waals surface area (Å²) in [6.07, 6.45) is -0.653. The summed E-state index contributed by atoms with van der Waals surface area (Å²) in [7, 11) is 1.52. The minimum absolute atomic E-state index is 0.0623. The molecular weight excluding hydrogens is 286 g/mol. The molecule has 9 heteroatoms. The number of ether oxygens (including phenoxy) is 2. The Balaban J connectivity index is 2.46. The third-order valence-electron chi connectivity index (χ3n) is 2.25. The second kappa shape index (κ2) is 7.53. The van der Waals surface area contributed by atoms with Gasteiger partial charge in [0.15, 0.2) is 11.0 Å². The minimum Gasteiger partial charge on any atom is -0.388 e. The molecule has 0 aliphatic heterocycles. The number of halogens is 1. The average molecular weight is 306 g/mol. The zero-order chi connectivity index (χ0) is 15.2. The van der Waals surface area contributed by atoms with E-state index in [4.69, 9.17) is 26.8 Å². The van der Waals surface area contributed by atoms with Gasteiger partial charge in [-0.2, -0.15) is 4.98 Å². The summed E-state index contributed by atoms with van der Waals surface area (Å²) in [6, 6.07) is 0. The monoisotopic (exact) mass is 305 g/mol. The summed E-state index contributed by atoms with van der Waals surface area (Å²) in [6.45, 7) is 4.53. The second-order valence-electron chi connectivity index (χ2n) is 4.94. The molecule has 1 atom stereocenters. The standard InChI is InChI=1S/C11H20ClN5O3/c1-11(2,6-20-5-7(18)4-19-3)15-10-14-9(13)8(12)16-17-10/h7,18H,4-6H2,1-3H3,(H3,13,14,15,17). The van der Waals surface area contributed by atoms with E-state index in [2.05, 4.69) is 20.5 Å². The van der Waals surface area contributed by atoms with Gasteiger partial charge in [-0.3, -0.25) is 0 Å². The molecular formula is C11H20ClN5O3. The Morgan fingerprint density at radius 1 is 1.40 bits per heavy atom. The number of nitrogens with two attached hydrogens (primary N) is 1. The number of methoxy groups -OCH3 is 1. The maximum atomic E-state index is 9.47. The van der Waals surface area contributed by atoms with Gasteiger partial charge in [0.2, 0.25) is 5.95 Å². The SMILES string of the molecule is COCC(O)COCC(C)(C)Nc1nnc(Cl)c(N)n1. The van der Waals surface area contributed by atoms with Gasteiger partial charge in [0.05, 0.1) is 25.4 Å². The van der Waals surface area contributed by atoms with E-state index in [1.165, 1.54) is 7.11 Å². The predicted octanol–water partition coefficient (Wildman–Crippen LogP) is 0.322. The average Bonchev–Trinajstić information content (AvgIpc) is 2.33. The van der Waals surface area contributed by atoms with Crippen LogP contribution in [0.2, 0.25) is 5.15 Å². The molecule has 114 valence electrons. The Labute approximate surface area is 122 Å². The number of hydrogen-bond acceptors (Lipinski definition) is 8. The number of aliphatic hydroxyl groups excluding tert-OH is 1. The first-order chi connectivity index (χ1) is 9.34. The Hall–Kier alpha value is -1.22. The Morgan fingerprint density at radius 3 is 2.70 bits per heavy atom. The third kappa shape index (κ3) is 5.83. The van der Waals surface area contributed by atoms with Gasteiger partial charge in [0.1, 0.15) is 6.10 Å². The van der Waals surface area contributed by atoms with Crippen LogP contribution < -0.4 is 11.1 Å². The van der Waals surface area contributed by atoms with Crippen molar-refractivity contribution in [3.8, 4) is 0 Å². The van der Waals surface area contributed by atoms with Crippen LogP contribution in [-0.2, 0) is 9.47 Å². The minimum atomic E-state index is -0.653. The molecule has 0 radical (unpaired) electrons. The molecule has 1 heterocycles. The topological polar surface area (TPSA) is 115 Å². The molecule has 1 rings (SSSR count). The summed E-state index contributed by atoms with van der Waals surface area (Å²) < 4.78 is 10.2. The van der Waals surface area contributed by atoms with Crippen LogP contribution in [0, 0.1) is 0 Å². The lowest BCUT2D eigenvalue weighted by Gasteiger charge is -2.26. The van der Waals surface area contributed by atoms with Gasteiger partial charge in [-0.1, -0.05) is 11.6 Å². The van der Waals surface area contributed by atoms with Gasteiger partial charge in [0, 0.05) is 7.11 Å². The van der Waals surface area contributed by atoms with E-state index in [1.807, 2.05) is 13.8 Å². The Kier molecular flexibility index (Phi) is 6.34. The molecule has 0 saturated heterocycles. The van der Waals surface area contributed by atoms with Crippen molar-refractivity contribution in [1.29, 1.82) is 0 Å². The first-order valence-electron chi connectivity index (χ1n) is 6.02. The van der Waals surface area contributed by atoms with Crippen LogP contribution in [-0.4, -0.2) is 58.9 Å². The predicted molar refractivity (Wildman–Crippen MR) is 75.7 cm³/mol. The highest BCUT2D eigenvalue weighted by molar-refractivity contribution is 6.31. The van der Waals surface area contributed by atoms with Crippen LogP contribution in [0.4, 0.5) is 11.8 Å². The van der Waals surface area contributed by atoms with Crippen molar-refractivity contribution in [3.05, 3.63) is 5.15 Å². The number of aromatic nitrogens is 3. The largest absolute Gasteiger partial charge is 0.388 e. The number of anilines is 2. The van der Waals surface area contributed by atoms with Crippen LogP contribution in [0.1, 0.15) is 13.8 Å². The lowest BCUT2D eigenvalue weighted by atomic mass is 10.1. The quantitative estimate of drug-likeness (QED) is 0.629. The summed E-state index contributed by atoms with van der Waals surface area (Å²) in [4.78, 5) is 3.97. The van der Waals surface area contributed by atoms with Crippen molar-refractivity contribution in [1.82, 2.24) is 15.2 Å². The molecule has 0 aliphatic rings. The van der Waals surface area contributed by atoms with E-state index >= 15 is 0 Å². The fourth-order valence-corrected chi connectivity index (χ4v) is 1.49. The summed E-state index contributed by atoms with van der Waals surface area (Å²) in [5.41, 5.74) is 5.09. The lowest BCUT2D eigenvalue weighted by molar-refractivity contribution is -0.0138. The van der Waals surface area contributed by atoms with Gasteiger partial charge in [0.25, 0.3) is 0 Å². The molecule has 4 N–H and O–H groups in total. The highest BCUT2D eigenvalue weighted by Crippen LogP contribution is 2.15. The van der Waals surface area contributed by atoms with E-state index in [1.54, 1.807) is 0 Å². The van der Waals surface area contributed by atoms with Gasteiger partial charge >= 0.3 is 0 Å². The zero-order valence-corrected chi connectivity index (χ0v) is 12.5. The molecule has 0 spiro atoms. The van der Waals surface area contributed by atoms with Crippen LogP contribution >= 0.6 is 11.6 Å². The lowest BCUT2D eigenvalue weighted by Crippen LogP contribution is -2.38. The van der Waals surface area contributed by atoms with Gasteiger partial charge in [-0.15, -0.1) is 10.2 Å². The maximum Gasteiger partial charge on any atom is 0.245 e. The third-order valence-corrected chi connectivity index (χ3v) is 2.52. The van der Waals surface area contributed by atoms with Crippen LogP contribution in [0.5, 0.6) is 0 Å². The number of nitrogens with zero attached hydrogens (tertiary/aromatic N) is 3. The van der Waals surface area contributed by atoms with Crippen molar-refractivity contribution in [3.63, 3.8) is 0 Å². The fourth-order valence-electron chi connectivity index (χ4n) is 1.41. The fraction of sp³-hybridized carbons (Fsp3) is 0.727. The van der Waals surface area contributed by atoms with Crippen LogP contribution in [0.15, 0.2) is 0 Å². The molecule has 1 aromatic rings. The van der Waals surface area contributed by atoms with Crippen LogP contribution in [0.3, 0.4) is 0 Å². The Bertz CT molecular complexity index is 433. The highest BCUT2D eigenvalue weighted by Gasteiger charge is 2.20. The molecule has 1 aromatic heterocycles. The molecule has 0 aliphatic carbocycles. The van der Waals surface area contributed by atoms with Crippen molar-refractivity contribution in [2.75, 3.05) is 38.0 Å². The molecule has 0 amide bonds. The van der Waals surface area contributed by atoms with Crippen molar-refractivity contribution in [2.45, 2.75) is 25.5 Å². The normalized spacial score (nSPS) is 13.2. The molecule has 0 aromatic carbocycles. The molecule has 0 bridgehead atoms. The second-order valence-corrected chi connectivity index (χ2v) is 5.30. The van der Waals surface area contributed by atoms with Crippen LogP contribution in [0.25, 0.3) is 0 Å². The van der Waals surface area contributed by atoms with Crippen molar-refractivity contribution in [2.24, 2.45) is 0 Å². The molecule has 0 saturated carbocycles. The van der Waals surface area contributed by atoms with E-state index in [0.29, 0.717) is 6.61 Å². The highest BCUT2D eigenvalue weighted by atomic mass is 35.5. The summed E-state index contributed by atoms with van der Waals surface area (Å²) >= 11 is 5.65. The smallest absolute Gasteiger partial charge is 0.245 e. The van der Waals surface area contributed by atoms with Gasteiger partial charge < -0.3 is 25.6 Å². The summed E-state index contributed by atoms with van der Waals surface area (Å²) in [5.74, 6) is 0.370. The first kappa shape index (κ1) is 16.8. The van der Waals surface area contributed by atoms with Crippen molar-refractivity contribution >= 4 is 23.4 Å². The number of hydrogen-bond donors (Lipinski definition) is 3. The number of nitrogens with one attached hydrogen (secondary N) is 1. The molecule has 1 unspecified atom stereocenters. The maximum absolute atomic E-state index is 9.47. The zero-order valence-electron chi connectivity index (χ0n) is 11.8. The van der Waals surface area contributed by atoms with E-state index in [0.717, 1.165) is 0 Å². The Morgan fingerprint density at radius 2 is 2.10 bits per heavy atom. The molecule has 0 fully saturated rings. The number of aliphatic hydroxyl groups is 1. The van der Waals surface area contributed by atoms with Gasteiger partial charge in [-0.05, 0) is 13.8 Å². The summed E-state index contributed by atoms with van der Waals surface area (Å²) in [5, 5.41) is 20.0. The van der Waals surface area contributed by atoms with E-state index in [-0.39, 0.29) is 30.1 Å².